The summed E-state index contributed by atoms with van der Waals surface area (Å²) in [5, 5.41) is 0. The first-order valence-corrected chi connectivity index (χ1v) is 9.64. The van der Waals surface area contributed by atoms with Crippen molar-refractivity contribution in [3.63, 3.8) is 0 Å². The van der Waals surface area contributed by atoms with Crippen LogP contribution >= 0.6 is 0 Å². The van der Waals surface area contributed by atoms with Crippen LogP contribution in [0.1, 0.15) is 27.7 Å². The first-order valence-electron chi connectivity index (χ1n) is 8.16. The van der Waals surface area contributed by atoms with E-state index in [1.807, 2.05) is 0 Å². The fourth-order valence-corrected chi connectivity index (χ4v) is 3.31. The summed E-state index contributed by atoms with van der Waals surface area (Å²) in [6.07, 6.45) is 0. The summed E-state index contributed by atoms with van der Waals surface area (Å²) in [7, 11) is -0.695. The van der Waals surface area contributed by atoms with E-state index in [1.54, 1.807) is 6.07 Å². The van der Waals surface area contributed by atoms with Crippen molar-refractivity contribution in [1.82, 2.24) is 9.62 Å². The number of nitrogens with one attached hydrogen (secondary N) is 1. The van der Waals surface area contributed by atoms with Gasteiger partial charge in [0, 0.05) is 18.2 Å². The maximum absolute atomic E-state index is 12.3. The van der Waals surface area contributed by atoms with Gasteiger partial charge in [-0.2, -0.15) is 4.72 Å². The molecule has 25 heavy (non-hydrogen) atoms. The Morgan fingerprint density at radius 1 is 1.04 bits per heavy atom. The topological polar surface area (TPSA) is 67.9 Å². The molecule has 0 aliphatic heterocycles. The molecule has 0 aliphatic rings. The Kier molecular flexibility index (Phi) is 8.23. The summed E-state index contributed by atoms with van der Waals surface area (Å²) in [5.74, 6) is 6.72. The zero-order valence-corrected chi connectivity index (χ0v) is 16.6. The Morgan fingerprint density at radius 3 is 2.16 bits per heavy atom. The zero-order chi connectivity index (χ0) is 19.0. The number of benzene rings is 1. The van der Waals surface area contributed by atoms with Gasteiger partial charge in [-0.1, -0.05) is 11.8 Å². The lowest BCUT2D eigenvalue weighted by Crippen LogP contribution is -2.37. The smallest absolute Gasteiger partial charge is 0.241 e. The third kappa shape index (κ3) is 6.24. The summed E-state index contributed by atoms with van der Waals surface area (Å²) in [6.45, 7) is 9.11. The van der Waals surface area contributed by atoms with E-state index in [4.69, 9.17) is 9.47 Å². The summed E-state index contributed by atoms with van der Waals surface area (Å²) in [4.78, 5) is 2.34. The molecule has 0 amide bonds. The molecule has 1 rings (SSSR count). The Hall–Kier alpha value is -1.75. The van der Waals surface area contributed by atoms with Gasteiger partial charge >= 0.3 is 0 Å². The van der Waals surface area contributed by atoms with Gasteiger partial charge < -0.3 is 9.47 Å². The maximum Gasteiger partial charge on any atom is 0.241 e. The molecule has 6 nitrogen and oxygen atoms in total. The van der Waals surface area contributed by atoms with Crippen LogP contribution in [-0.4, -0.2) is 52.7 Å². The van der Waals surface area contributed by atoms with Crippen LogP contribution in [0.4, 0.5) is 0 Å². The van der Waals surface area contributed by atoms with Crippen molar-refractivity contribution in [2.75, 3.05) is 27.3 Å². The molecule has 1 aromatic carbocycles. The first-order chi connectivity index (χ1) is 11.7. The Bertz CT molecular complexity index is 710. The van der Waals surface area contributed by atoms with E-state index in [0.29, 0.717) is 30.1 Å². The highest BCUT2D eigenvalue weighted by Gasteiger charge is 2.16. The summed E-state index contributed by atoms with van der Waals surface area (Å²) in [5.41, 5.74) is 0. The van der Waals surface area contributed by atoms with Crippen LogP contribution < -0.4 is 14.2 Å². The molecule has 0 heterocycles. The van der Waals surface area contributed by atoms with Crippen LogP contribution in [-0.2, 0) is 10.0 Å². The number of methoxy groups -OCH3 is 2. The van der Waals surface area contributed by atoms with E-state index in [0.717, 1.165) is 0 Å². The molecule has 0 aromatic heterocycles. The lowest BCUT2D eigenvalue weighted by Gasteiger charge is -2.28. The van der Waals surface area contributed by atoms with Gasteiger partial charge in [0.1, 0.15) is 0 Å². The average Bonchev–Trinajstić information content (AvgIpc) is 2.56. The Labute approximate surface area is 151 Å². The predicted octanol–water partition coefficient (Wildman–Crippen LogP) is 2.10. The van der Waals surface area contributed by atoms with Crippen molar-refractivity contribution in [3.8, 4) is 23.3 Å². The Morgan fingerprint density at radius 2 is 1.64 bits per heavy atom. The molecule has 0 saturated carbocycles. The van der Waals surface area contributed by atoms with Gasteiger partial charge in [-0.05, 0) is 39.8 Å². The van der Waals surface area contributed by atoms with Gasteiger partial charge in [-0.15, -0.1) is 0 Å². The highest BCUT2D eigenvalue weighted by Crippen LogP contribution is 2.29. The van der Waals surface area contributed by atoms with Gasteiger partial charge in [-0.25, -0.2) is 8.42 Å². The molecule has 1 N–H and O–H groups in total. The average molecular weight is 368 g/mol. The second-order valence-corrected chi connectivity index (χ2v) is 7.82. The third-order valence-corrected chi connectivity index (χ3v) is 5.13. The molecular formula is C18H28N2O4S. The van der Waals surface area contributed by atoms with Gasteiger partial charge in [0.2, 0.25) is 10.0 Å². The molecule has 0 radical (unpaired) electrons. The van der Waals surface area contributed by atoms with E-state index in [2.05, 4.69) is 49.2 Å². The number of rotatable bonds is 8. The summed E-state index contributed by atoms with van der Waals surface area (Å²) < 4.78 is 37.4. The van der Waals surface area contributed by atoms with Crippen molar-refractivity contribution in [1.29, 1.82) is 0 Å². The minimum atomic E-state index is -3.65. The van der Waals surface area contributed by atoms with Gasteiger partial charge in [0.05, 0.1) is 32.2 Å². The van der Waals surface area contributed by atoms with Crippen molar-refractivity contribution < 1.29 is 17.9 Å². The molecule has 0 spiro atoms. The monoisotopic (exact) mass is 368 g/mol. The van der Waals surface area contributed by atoms with Crippen LogP contribution in [0.25, 0.3) is 0 Å². The molecular weight excluding hydrogens is 340 g/mol. The lowest BCUT2D eigenvalue weighted by molar-refractivity contribution is 0.200. The minimum absolute atomic E-state index is 0.0563. The second kappa shape index (κ2) is 9.66. The zero-order valence-electron chi connectivity index (χ0n) is 15.8. The van der Waals surface area contributed by atoms with Crippen LogP contribution in [0.5, 0.6) is 11.5 Å². The summed E-state index contributed by atoms with van der Waals surface area (Å²) >= 11 is 0. The molecule has 0 saturated heterocycles. The molecule has 140 valence electrons. The lowest BCUT2D eigenvalue weighted by atomic mass is 10.2. The van der Waals surface area contributed by atoms with E-state index in [1.165, 1.54) is 26.4 Å². The minimum Gasteiger partial charge on any atom is -0.493 e. The van der Waals surface area contributed by atoms with Crippen LogP contribution in [0.2, 0.25) is 0 Å². The van der Waals surface area contributed by atoms with E-state index in [-0.39, 0.29) is 11.4 Å². The van der Waals surface area contributed by atoms with Gasteiger partial charge in [0.15, 0.2) is 11.5 Å². The maximum atomic E-state index is 12.3. The third-order valence-electron chi connectivity index (χ3n) is 3.73. The second-order valence-electron chi connectivity index (χ2n) is 6.05. The molecule has 0 atom stereocenters. The largest absolute Gasteiger partial charge is 0.493 e. The highest BCUT2D eigenvalue weighted by atomic mass is 32.2. The molecule has 0 unspecified atom stereocenters. The first kappa shape index (κ1) is 21.3. The fraction of sp³-hybridized carbons (Fsp3) is 0.556. The van der Waals surface area contributed by atoms with E-state index >= 15 is 0 Å². The SMILES string of the molecule is COc1ccc(S(=O)(=O)NCC#CCN(C(C)C)C(C)C)cc1OC. The number of hydrogen-bond donors (Lipinski definition) is 1. The Balaban J connectivity index is 2.73. The molecule has 7 heteroatoms. The van der Waals surface area contributed by atoms with Crippen molar-refractivity contribution in [2.45, 2.75) is 44.7 Å². The predicted molar refractivity (Wildman–Crippen MR) is 99.5 cm³/mol. The molecule has 1 aromatic rings. The fourth-order valence-electron chi connectivity index (χ4n) is 2.37. The number of ether oxygens (including phenoxy) is 2. The highest BCUT2D eigenvalue weighted by molar-refractivity contribution is 7.89. The van der Waals surface area contributed by atoms with Crippen molar-refractivity contribution in [2.24, 2.45) is 0 Å². The normalized spacial score (nSPS) is 11.6. The number of nitrogens with zero attached hydrogens (tertiary/aromatic N) is 1. The molecule has 0 aliphatic carbocycles. The van der Waals surface area contributed by atoms with Gasteiger partial charge in [-0.3, -0.25) is 4.90 Å². The molecule has 0 bridgehead atoms. The van der Waals surface area contributed by atoms with E-state index < -0.39 is 10.0 Å². The van der Waals surface area contributed by atoms with Crippen molar-refractivity contribution >= 4 is 10.0 Å². The van der Waals surface area contributed by atoms with E-state index in [9.17, 15) is 8.42 Å². The van der Waals surface area contributed by atoms with Crippen LogP contribution in [0.3, 0.4) is 0 Å². The van der Waals surface area contributed by atoms with Gasteiger partial charge in [0.25, 0.3) is 0 Å². The standard InChI is InChI=1S/C18H28N2O4S/c1-14(2)20(15(3)4)12-8-7-11-19-25(21,22)16-9-10-17(23-5)18(13-16)24-6/h9-10,13-15,19H,11-12H2,1-6H3. The van der Waals surface area contributed by atoms with Crippen LogP contribution in [0, 0.1) is 11.8 Å². The number of sulfonamides is 1. The quantitative estimate of drug-likeness (QED) is 0.712. The van der Waals surface area contributed by atoms with Crippen LogP contribution in [0.15, 0.2) is 23.1 Å². The molecule has 0 fully saturated rings. The summed E-state index contributed by atoms with van der Waals surface area (Å²) in [6, 6.07) is 5.22. The van der Waals surface area contributed by atoms with Crippen molar-refractivity contribution in [3.05, 3.63) is 18.2 Å². The number of hydrogen-bond acceptors (Lipinski definition) is 5.